The van der Waals surface area contributed by atoms with E-state index < -0.39 is 29.8 Å². The van der Waals surface area contributed by atoms with Gasteiger partial charge in [-0.2, -0.15) is 0 Å². The van der Waals surface area contributed by atoms with Gasteiger partial charge in [0, 0.05) is 19.3 Å². The second-order valence-electron chi connectivity index (χ2n) is 10.8. The Morgan fingerprint density at radius 2 is 1.32 bits per heavy atom. The number of hydrogen-bond acceptors (Lipinski definition) is 7. The highest BCUT2D eigenvalue weighted by Gasteiger charge is 2.33. The summed E-state index contributed by atoms with van der Waals surface area (Å²) < 4.78 is 5.39. The van der Waals surface area contributed by atoms with Gasteiger partial charge in [0.1, 0.15) is 12.6 Å². The Balaban J connectivity index is 1.69. The van der Waals surface area contributed by atoms with Crippen molar-refractivity contribution in [2.75, 3.05) is 0 Å². The number of esters is 1. The number of imide groups is 1. The molecule has 1 aliphatic rings. The van der Waals surface area contributed by atoms with Gasteiger partial charge in [-0.3, -0.25) is 14.4 Å². The molecule has 0 bridgehead atoms. The molecule has 228 valence electrons. The van der Waals surface area contributed by atoms with E-state index in [1.165, 1.54) is 57.8 Å². The summed E-state index contributed by atoms with van der Waals surface area (Å²) in [5.41, 5.74) is 0.795. The Kier molecular flexibility index (Phi) is 17.1. The van der Waals surface area contributed by atoms with Crippen LogP contribution in [0.2, 0.25) is 0 Å². The molecular formula is C32H48N2O7. The summed E-state index contributed by atoms with van der Waals surface area (Å²) in [4.78, 5) is 65.9. The second-order valence-corrected chi connectivity index (χ2v) is 10.8. The van der Waals surface area contributed by atoms with E-state index in [0.29, 0.717) is 5.06 Å². The van der Waals surface area contributed by atoms with Gasteiger partial charge >= 0.3 is 11.9 Å². The molecule has 1 N–H and O–H groups in total. The SMILES string of the molecule is CCCCCCCCCCCCCCCC(=O)NC(CCC(=O)ON1C(=O)CCC1=O)C(=O)OCc1ccccc1. The van der Waals surface area contributed by atoms with Gasteiger partial charge in [0.2, 0.25) is 5.91 Å². The van der Waals surface area contributed by atoms with Gasteiger partial charge in [-0.1, -0.05) is 114 Å². The van der Waals surface area contributed by atoms with Gasteiger partial charge in [-0.25, -0.2) is 9.59 Å². The molecule has 1 atom stereocenters. The number of hydroxylamine groups is 2. The average Bonchev–Trinajstić information content (AvgIpc) is 3.29. The lowest BCUT2D eigenvalue weighted by molar-refractivity contribution is -0.197. The predicted octanol–water partition coefficient (Wildman–Crippen LogP) is 6.08. The summed E-state index contributed by atoms with van der Waals surface area (Å²) in [6, 6.07) is 8.09. The first-order valence-corrected chi connectivity index (χ1v) is 15.5. The van der Waals surface area contributed by atoms with Gasteiger partial charge in [0.15, 0.2) is 0 Å². The molecule has 41 heavy (non-hydrogen) atoms. The number of benzene rings is 1. The monoisotopic (exact) mass is 572 g/mol. The third-order valence-corrected chi connectivity index (χ3v) is 7.19. The van der Waals surface area contributed by atoms with Gasteiger partial charge in [0.25, 0.3) is 11.8 Å². The van der Waals surface area contributed by atoms with Crippen molar-refractivity contribution in [2.45, 2.75) is 135 Å². The van der Waals surface area contributed by atoms with Crippen LogP contribution in [0.4, 0.5) is 0 Å². The van der Waals surface area contributed by atoms with Crippen LogP contribution in [-0.2, 0) is 40.2 Å². The van der Waals surface area contributed by atoms with Crippen LogP contribution in [0.3, 0.4) is 0 Å². The number of hydrogen-bond donors (Lipinski definition) is 1. The Morgan fingerprint density at radius 1 is 0.780 bits per heavy atom. The maximum absolute atomic E-state index is 12.8. The van der Waals surface area contributed by atoms with E-state index in [9.17, 15) is 24.0 Å². The van der Waals surface area contributed by atoms with E-state index in [4.69, 9.17) is 9.57 Å². The summed E-state index contributed by atoms with van der Waals surface area (Å²) >= 11 is 0. The van der Waals surface area contributed by atoms with E-state index in [-0.39, 0.29) is 44.6 Å². The third kappa shape index (κ3) is 14.8. The highest BCUT2D eigenvalue weighted by molar-refractivity contribution is 6.01. The second kappa shape index (κ2) is 20.6. The standard InChI is InChI=1S/C32H48N2O7/c1-2-3-4-5-6-7-8-9-10-11-12-13-17-20-28(35)33-27(32(39)40-25-26-18-15-14-16-19-26)21-24-31(38)41-34-29(36)22-23-30(34)37/h14-16,18-19,27H,2-13,17,20-25H2,1H3,(H,33,35). The summed E-state index contributed by atoms with van der Waals surface area (Å²) in [7, 11) is 0. The number of rotatable bonds is 22. The van der Waals surface area contributed by atoms with E-state index >= 15 is 0 Å². The van der Waals surface area contributed by atoms with E-state index in [0.717, 1.165) is 31.2 Å². The molecule has 9 heteroatoms. The molecule has 0 saturated carbocycles. The minimum atomic E-state index is -1.05. The van der Waals surface area contributed by atoms with Crippen LogP contribution in [0.1, 0.15) is 128 Å². The van der Waals surface area contributed by atoms with Crippen LogP contribution in [0.25, 0.3) is 0 Å². The Morgan fingerprint density at radius 3 is 1.88 bits per heavy atom. The number of unbranched alkanes of at least 4 members (excludes halogenated alkanes) is 12. The smallest absolute Gasteiger partial charge is 0.333 e. The van der Waals surface area contributed by atoms with Crippen molar-refractivity contribution in [3.63, 3.8) is 0 Å². The number of nitrogens with zero attached hydrogens (tertiary/aromatic N) is 1. The van der Waals surface area contributed by atoms with Crippen LogP contribution in [0, 0.1) is 0 Å². The van der Waals surface area contributed by atoms with E-state index in [2.05, 4.69) is 12.2 Å². The molecule has 2 rings (SSSR count). The fourth-order valence-corrected chi connectivity index (χ4v) is 4.72. The van der Waals surface area contributed by atoms with Crippen molar-refractivity contribution < 1.29 is 33.5 Å². The van der Waals surface area contributed by atoms with Gasteiger partial charge in [0.05, 0.1) is 6.42 Å². The lowest BCUT2D eigenvalue weighted by Crippen LogP contribution is -2.42. The fourth-order valence-electron chi connectivity index (χ4n) is 4.72. The number of ether oxygens (including phenoxy) is 1. The molecule has 1 unspecified atom stereocenters. The maximum Gasteiger partial charge on any atom is 0.333 e. The summed E-state index contributed by atoms with van der Waals surface area (Å²) in [5, 5.41) is 3.16. The highest BCUT2D eigenvalue weighted by Crippen LogP contribution is 2.15. The molecular weight excluding hydrogens is 524 g/mol. The molecule has 9 nitrogen and oxygen atoms in total. The zero-order valence-corrected chi connectivity index (χ0v) is 24.7. The van der Waals surface area contributed by atoms with Crippen molar-refractivity contribution in [1.29, 1.82) is 0 Å². The van der Waals surface area contributed by atoms with Crippen molar-refractivity contribution in [1.82, 2.24) is 10.4 Å². The van der Waals surface area contributed by atoms with Crippen LogP contribution in [0.15, 0.2) is 30.3 Å². The Hall–Kier alpha value is -3.23. The molecule has 1 aliphatic heterocycles. The van der Waals surface area contributed by atoms with Crippen molar-refractivity contribution >= 4 is 29.7 Å². The largest absolute Gasteiger partial charge is 0.459 e. The molecule has 1 heterocycles. The number of carbonyl (C=O) groups excluding carboxylic acids is 5. The van der Waals surface area contributed by atoms with Crippen LogP contribution in [-0.4, -0.2) is 40.8 Å². The predicted molar refractivity (Wildman–Crippen MR) is 155 cm³/mol. The maximum atomic E-state index is 12.8. The average molecular weight is 573 g/mol. The first kappa shape index (κ1) is 34.0. The summed E-state index contributed by atoms with van der Waals surface area (Å²) in [6.45, 7) is 2.27. The lowest BCUT2D eigenvalue weighted by atomic mass is 10.0. The molecule has 1 aromatic rings. The summed E-state index contributed by atoms with van der Waals surface area (Å²) in [5.74, 6) is -2.93. The minimum Gasteiger partial charge on any atom is -0.459 e. The normalized spacial score (nSPS) is 13.7. The lowest BCUT2D eigenvalue weighted by Gasteiger charge is -2.18. The molecule has 1 aromatic carbocycles. The molecule has 1 saturated heterocycles. The van der Waals surface area contributed by atoms with E-state index in [1.54, 1.807) is 0 Å². The number of nitrogens with one attached hydrogen (secondary N) is 1. The highest BCUT2D eigenvalue weighted by atomic mass is 16.7. The first-order chi connectivity index (χ1) is 19.9. The van der Waals surface area contributed by atoms with Gasteiger partial charge in [-0.05, 0) is 18.4 Å². The van der Waals surface area contributed by atoms with Gasteiger partial charge in [-0.15, -0.1) is 5.06 Å². The zero-order chi connectivity index (χ0) is 29.7. The molecule has 1 fully saturated rings. The summed E-state index contributed by atoms with van der Waals surface area (Å²) in [6.07, 6.45) is 15.6. The van der Waals surface area contributed by atoms with Crippen molar-refractivity contribution in [2.24, 2.45) is 0 Å². The van der Waals surface area contributed by atoms with Crippen LogP contribution in [0.5, 0.6) is 0 Å². The van der Waals surface area contributed by atoms with Crippen molar-refractivity contribution in [3.05, 3.63) is 35.9 Å². The van der Waals surface area contributed by atoms with Crippen LogP contribution < -0.4 is 5.32 Å². The minimum absolute atomic E-state index is 0.00417. The van der Waals surface area contributed by atoms with E-state index in [1.807, 2.05) is 30.3 Å². The third-order valence-electron chi connectivity index (χ3n) is 7.19. The molecule has 0 spiro atoms. The van der Waals surface area contributed by atoms with Crippen LogP contribution >= 0.6 is 0 Å². The quantitative estimate of drug-likeness (QED) is 0.102. The number of carbonyl (C=O) groups is 5. The zero-order valence-electron chi connectivity index (χ0n) is 24.7. The first-order valence-electron chi connectivity index (χ1n) is 15.5. The number of amides is 3. The molecule has 0 aromatic heterocycles. The Bertz CT molecular complexity index is 935. The molecule has 3 amide bonds. The topological polar surface area (TPSA) is 119 Å². The van der Waals surface area contributed by atoms with Crippen molar-refractivity contribution in [3.8, 4) is 0 Å². The molecule has 0 radical (unpaired) electrons. The fraction of sp³-hybridized carbons (Fsp3) is 0.656. The van der Waals surface area contributed by atoms with Gasteiger partial charge < -0.3 is 14.9 Å². The molecule has 0 aliphatic carbocycles. The Labute approximate surface area is 244 Å².